The Morgan fingerprint density at radius 3 is 2.28 bits per heavy atom. The molecule has 0 heterocycles. The highest BCUT2D eigenvalue weighted by atomic mass is 16.1. The lowest BCUT2D eigenvalue weighted by atomic mass is 9.97. The van der Waals surface area contributed by atoms with Crippen LogP contribution in [0.15, 0.2) is 121 Å². The maximum atomic E-state index is 12.9. The molecule has 2 atom stereocenters. The fraction of sp³-hybridized carbons (Fsp3) is 0.121. The number of rotatable bonds is 6. The van der Waals surface area contributed by atoms with Crippen LogP contribution < -0.4 is 11.1 Å². The highest BCUT2D eigenvalue weighted by molar-refractivity contribution is 6.05. The number of carbonyl (C=O) groups is 1. The lowest BCUT2D eigenvalue weighted by molar-refractivity contribution is 0.102. The third-order valence-corrected chi connectivity index (χ3v) is 7.27. The first-order valence-electron chi connectivity index (χ1n) is 12.4. The zero-order valence-corrected chi connectivity index (χ0v) is 20.0. The van der Waals surface area contributed by atoms with Crippen LogP contribution in [0.5, 0.6) is 0 Å². The number of benzene rings is 5. The van der Waals surface area contributed by atoms with E-state index < -0.39 is 0 Å². The van der Waals surface area contributed by atoms with Crippen LogP contribution in [0, 0.1) is 0 Å². The van der Waals surface area contributed by atoms with Crippen LogP contribution in [0.1, 0.15) is 33.8 Å². The van der Waals surface area contributed by atoms with Crippen molar-refractivity contribution in [3.63, 3.8) is 0 Å². The first kappa shape index (κ1) is 22.3. The number of nitrogens with one attached hydrogen (secondary N) is 1. The molecule has 0 radical (unpaired) electrons. The topological polar surface area (TPSA) is 55.1 Å². The first-order valence-corrected chi connectivity index (χ1v) is 12.4. The van der Waals surface area contributed by atoms with Crippen LogP contribution in [-0.4, -0.2) is 11.4 Å². The van der Waals surface area contributed by atoms with E-state index in [9.17, 15) is 4.79 Å². The van der Waals surface area contributed by atoms with Crippen molar-refractivity contribution in [3.8, 4) is 11.1 Å². The number of hydrogen-bond donors (Lipinski definition) is 2. The van der Waals surface area contributed by atoms with Gasteiger partial charge in [0.25, 0.3) is 5.91 Å². The van der Waals surface area contributed by atoms with Crippen molar-refractivity contribution in [1.82, 2.24) is 0 Å². The minimum atomic E-state index is -0.217. The Morgan fingerprint density at radius 2 is 1.47 bits per heavy atom. The molecule has 0 saturated heterocycles. The quantitative estimate of drug-likeness (QED) is 0.277. The van der Waals surface area contributed by atoms with E-state index in [1.807, 2.05) is 66.7 Å². The molecule has 3 nitrogen and oxygen atoms in total. The van der Waals surface area contributed by atoms with Gasteiger partial charge in [-0.3, -0.25) is 4.79 Å². The van der Waals surface area contributed by atoms with Crippen molar-refractivity contribution in [1.29, 1.82) is 0 Å². The van der Waals surface area contributed by atoms with Crippen LogP contribution >= 0.6 is 0 Å². The number of amides is 1. The molecule has 0 unspecified atom stereocenters. The molecular weight excluding hydrogens is 440 g/mol. The summed E-state index contributed by atoms with van der Waals surface area (Å²) >= 11 is 0. The Balaban J connectivity index is 1.11. The van der Waals surface area contributed by atoms with Crippen molar-refractivity contribution in [2.45, 2.75) is 24.3 Å². The molecule has 1 amide bonds. The van der Waals surface area contributed by atoms with Crippen LogP contribution in [0.3, 0.4) is 0 Å². The molecule has 0 spiro atoms. The molecule has 176 valence electrons. The molecule has 3 heteroatoms. The number of fused-ring (bicyclic) bond motifs is 1. The molecule has 5 aromatic carbocycles. The van der Waals surface area contributed by atoms with Crippen molar-refractivity contribution in [2.24, 2.45) is 5.73 Å². The molecule has 1 fully saturated rings. The van der Waals surface area contributed by atoms with Gasteiger partial charge in [0.15, 0.2) is 0 Å². The summed E-state index contributed by atoms with van der Waals surface area (Å²) in [5, 5.41) is 5.54. The maximum absolute atomic E-state index is 12.9. The summed E-state index contributed by atoms with van der Waals surface area (Å²) in [4.78, 5) is 12.9. The van der Waals surface area contributed by atoms with Gasteiger partial charge in [-0.2, -0.15) is 0 Å². The van der Waals surface area contributed by atoms with E-state index >= 15 is 0 Å². The van der Waals surface area contributed by atoms with Gasteiger partial charge in [-0.1, -0.05) is 97.1 Å². The fourth-order valence-electron chi connectivity index (χ4n) is 5.17. The van der Waals surface area contributed by atoms with Crippen molar-refractivity contribution in [2.75, 3.05) is 5.32 Å². The van der Waals surface area contributed by atoms with Gasteiger partial charge in [-0.15, -0.1) is 0 Å². The zero-order chi connectivity index (χ0) is 24.5. The molecule has 0 aliphatic heterocycles. The monoisotopic (exact) mass is 468 g/mol. The predicted octanol–water partition coefficient (Wildman–Crippen LogP) is 7.19. The normalized spacial score (nSPS) is 18.6. The van der Waals surface area contributed by atoms with E-state index in [0.717, 1.165) is 29.7 Å². The van der Waals surface area contributed by atoms with E-state index in [0.29, 0.717) is 11.5 Å². The molecule has 36 heavy (non-hydrogen) atoms. The zero-order valence-electron chi connectivity index (χ0n) is 20.0. The van der Waals surface area contributed by atoms with Crippen molar-refractivity contribution >= 4 is 22.4 Å². The van der Waals surface area contributed by atoms with Gasteiger partial charge in [0.1, 0.15) is 0 Å². The second-order valence-corrected chi connectivity index (χ2v) is 9.87. The van der Waals surface area contributed by atoms with Crippen LogP contribution in [0.2, 0.25) is 0 Å². The predicted molar refractivity (Wildman–Crippen MR) is 148 cm³/mol. The van der Waals surface area contributed by atoms with Gasteiger partial charge >= 0.3 is 0 Å². The SMILES string of the molecule is N[C@@]1(Cc2ccc3ccccc3c2)C[C@H]1c1ccc(NC(=O)c2cccc(-c3ccccc3)c2)cc1. The maximum Gasteiger partial charge on any atom is 0.255 e. The van der Waals surface area contributed by atoms with Gasteiger partial charge in [-0.25, -0.2) is 0 Å². The van der Waals surface area contributed by atoms with E-state index in [1.54, 1.807) is 0 Å². The Bertz CT molecular complexity index is 1540. The second kappa shape index (κ2) is 9.10. The molecule has 6 rings (SSSR count). The third-order valence-electron chi connectivity index (χ3n) is 7.27. The molecule has 1 aliphatic rings. The van der Waals surface area contributed by atoms with Crippen LogP contribution in [0.4, 0.5) is 5.69 Å². The fourth-order valence-corrected chi connectivity index (χ4v) is 5.17. The lowest BCUT2D eigenvalue weighted by Crippen LogP contribution is -2.27. The van der Waals surface area contributed by atoms with Gasteiger partial charge in [0.05, 0.1) is 0 Å². The first-order chi connectivity index (χ1) is 17.6. The summed E-state index contributed by atoms with van der Waals surface area (Å²) in [6.07, 6.45) is 1.83. The number of carbonyl (C=O) groups excluding carboxylic acids is 1. The summed E-state index contributed by atoms with van der Waals surface area (Å²) in [6.45, 7) is 0. The molecule has 0 aromatic heterocycles. The van der Waals surface area contributed by atoms with Crippen molar-refractivity contribution < 1.29 is 4.79 Å². The summed E-state index contributed by atoms with van der Waals surface area (Å²) in [5.74, 6) is 0.215. The van der Waals surface area contributed by atoms with E-state index in [1.165, 1.54) is 21.9 Å². The number of hydrogen-bond acceptors (Lipinski definition) is 2. The molecule has 1 saturated carbocycles. The molecule has 0 bridgehead atoms. The average Bonchev–Trinajstić information content (AvgIpc) is 3.59. The van der Waals surface area contributed by atoms with Gasteiger partial charge < -0.3 is 11.1 Å². The molecular formula is C33H28N2O. The smallest absolute Gasteiger partial charge is 0.255 e. The van der Waals surface area contributed by atoms with Gasteiger partial charge in [-0.05, 0) is 70.1 Å². The third kappa shape index (κ3) is 4.53. The standard InChI is InChI=1S/C33H28N2O/c34-33(21-23-13-14-25-9-4-5-10-27(25)19-23)22-31(33)26-15-17-30(18-16-26)35-32(36)29-12-6-11-28(20-29)24-7-2-1-3-8-24/h1-20,31H,21-22,34H2,(H,35,36)/t31-,33-/m0/s1. The van der Waals surface area contributed by atoms with E-state index in [4.69, 9.17) is 5.73 Å². The highest BCUT2D eigenvalue weighted by Crippen LogP contribution is 2.51. The van der Waals surface area contributed by atoms with Gasteiger partial charge in [0.2, 0.25) is 0 Å². The Kier molecular flexibility index (Phi) is 5.63. The Morgan fingerprint density at radius 1 is 0.750 bits per heavy atom. The molecule has 1 aliphatic carbocycles. The number of anilines is 1. The second-order valence-electron chi connectivity index (χ2n) is 9.87. The van der Waals surface area contributed by atoms with Crippen molar-refractivity contribution in [3.05, 3.63) is 138 Å². The van der Waals surface area contributed by atoms with Gasteiger partial charge in [0, 0.05) is 22.7 Å². The highest BCUT2D eigenvalue weighted by Gasteiger charge is 2.51. The molecule has 3 N–H and O–H groups in total. The minimum absolute atomic E-state index is 0.114. The Labute approximate surface area is 211 Å². The Hall–Kier alpha value is -4.21. The van der Waals surface area contributed by atoms with E-state index in [2.05, 4.69) is 59.9 Å². The van der Waals surface area contributed by atoms with Crippen LogP contribution in [-0.2, 0) is 6.42 Å². The lowest BCUT2D eigenvalue weighted by Gasteiger charge is -2.13. The van der Waals surface area contributed by atoms with E-state index in [-0.39, 0.29) is 11.4 Å². The number of nitrogens with two attached hydrogens (primary N) is 1. The summed E-state index contributed by atoms with van der Waals surface area (Å²) < 4.78 is 0. The summed E-state index contributed by atoms with van der Waals surface area (Å²) in [7, 11) is 0. The summed E-state index contributed by atoms with van der Waals surface area (Å²) in [6, 6.07) is 41.0. The summed E-state index contributed by atoms with van der Waals surface area (Å²) in [5.41, 5.74) is 12.6. The molecule has 5 aromatic rings. The average molecular weight is 469 g/mol. The minimum Gasteiger partial charge on any atom is -0.324 e. The van der Waals surface area contributed by atoms with Crippen LogP contribution in [0.25, 0.3) is 21.9 Å². The largest absolute Gasteiger partial charge is 0.324 e.